The maximum absolute atomic E-state index is 12.7. The van der Waals surface area contributed by atoms with Crippen molar-refractivity contribution in [3.05, 3.63) is 58.5 Å². The van der Waals surface area contributed by atoms with Gasteiger partial charge in [0.15, 0.2) is 16.7 Å². The molecule has 0 spiro atoms. The van der Waals surface area contributed by atoms with Crippen LogP contribution in [-0.4, -0.2) is 48.0 Å². The molecular formula is C23H20N2O7S. The number of nitrogens with zero attached hydrogens (tertiary/aromatic N) is 2. The molecule has 0 aliphatic carbocycles. The Morgan fingerprint density at radius 3 is 2.21 bits per heavy atom. The largest absolute Gasteiger partial charge is 0.465 e. The normalized spacial score (nSPS) is 15.6. The van der Waals surface area contributed by atoms with Crippen molar-refractivity contribution in [2.45, 2.75) is 13.8 Å². The summed E-state index contributed by atoms with van der Waals surface area (Å²) >= 11 is 1.17. The fraction of sp³-hybridized carbons (Fsp3) is 0.174. The molecule has 0 radical (unpaired) electrons. The monoisotopic (exact) mass is 468 g/mol. The minimum absolute atomic E-state index is 0.0652. The van der Waals surface area contributed by atoms with Crippen LogP contribution in [0.3, 0.4) is 0 Å². The average molecular weight is 468 g/mol. The molecule has 0 atom stereocenters. The Hall–Kier alpha value is -3.92. The number of aliphatic imine (C=N–C) groups is 1. The summed E-state index contributed by atoms with van der Waals surface area (Å²) in [5.41, 5.74) is 1.52. The van der Waals surface area contributed by atoms with Gasteiger partial charge >= 0.3 is 17.9 Å². The lowest BCUT2D eigenvalue weighted by molar-refractivity contribution is -0.134. The maximum Gasteiger partial charge on any atom is 0.337 e. The van der Waals surface area contributed by atoms with E-state index in [0.29, 0.717) is 26.9 Å². The van der Waals surface area contributed by atoms with Gasteiger partial charge in [-0.25, -0.2) is 9.79 Å². The number of amidine groups is 1. The molecule has 3 rings (SSSR count). The van der Waals surface area contributed by atoms with Crippen LogP contribution < -0.4 is 9.47 Å². The Kier molecular flexibility index (Phi) is 7.29. The zero-order valence-corrected chi connectivity index (χ0v) is 19.1. The summed E-state index contributed by atoms with van der Waals surface area (Å²) in [7, 11) is 2.91. The van der Waals surface area contributed by atoms with Gasteiger partial charge < -0.3 is 14.2 Å². The summed E-state index contributed by atoms with van der Waals surface area (Å²) in [6, 6.07) is 11.1. The number of rotatable bonds is 5. The van der Waals surface area contributed by atoms with Gasteiger partial charge in [-0.15, -0.1) is 0 Å². The number of carbonyl (C=O) groups excluding carboxylic acids is 4. The van der Waals surface area contributed by atoms with Gasteiger partial charge in [-0.1, -0.05) is 6.07 Å². The van der Waals surface area contributed by atoms with Crippen LogP contribution >= 0.6 is 11.8 Å². The Bertz CT molecular complexity index is 1190. The molecule has 170 valence electrons. The first-order chi connectivity index (χ1) is 15.7. The first-order valence-corrected chi connectivity index (χ1v) is 10.4. The quantitative estimate of drug-likeness (QED) is 0.372. The SMILES string of the molecule is COC(=O)c1ccc(N=C2S/C(=C\c3ccc(OC(C)=O)c(OC(C)=O)c3)C(=O)N2C)cc1. The van der Waals surface area contributed by atoms with E-state index in [4.69, 9.17) is 9.47 Å². The van der Waals surface area contributed by atoms with Gasteiger partial charge in [-0.2, -0.15) is 0 Å². The van der Waals surface area contributed by atoms with Gasteiger partial charge in [0, 0.05) is 20.9 Å². The second-order valence-electron chi connectivity index (χ2n) is 6.80. The fourth-order valence-electron chi connectivity index (χ4n) is 2.79. The first-order valence-electron chi connectivity index (χ1n) is 9.63. The topological polar surface area (TPSA) is 112 Å². The van der Waals surface area contributed by atoms with Crippen LogP contribution in [0.5, 0.6) is 11.5 Å². The summed E-state index contributed by atoms with van der Waals surface area (Å²) in [6.45, 7) is 2.47. The standard InChI is InChI=1S/C23H20N2O7S/c1-13(26)31-18-10-5-15(11-19(18)32-14(2)27)12-20-21(28)25(3)23(33-20)24-17-8-6-16(7-9-17)22(29)30-4/h5-12H,1-4H3/b20-12-,24-23?. The number of hydrogen-bond donors (Lipinski definition) is 0. The van der Waals surface area contributed by atoms with Gasteiger partial charge in [0.1, 0.15) is 0 Å². The molecule has 2 aromatic rings. The van der Waals surface area contributed by atoms with E-state index >= 15 is 0 Å². The Morgan fingerprint density at radius 1 is 0.970 bits per heavy atom. The predicted molar refractivity (Wildman–Crippen MR) is 122 cm³/mol. The number of carbonyl (C=O) groups is 4. The molecule has 1 fully saturated rings. The van der Waals surface area contributed by atoms with Crippen molar-refractivity contribution >= 4 is 52.5 Å². The second kappa shape index (κ2) is 10.1. The fourth-order valence-corrected chi connectivity index (χ4v) is 3.78. The van der Waals surface area contributed by atoms with E-state index in [1.54, 1.807) is 43.5 Å². The minimum Gasteiger partial charge on any atom is -0.465 e. The summed E-state index contributed by atoms with van der Waals surface area (Å²) in [4.78, 5) is 53.2. The predicted octanol–water partition coefficient (Wildman–Crippen LogP) is 3.56. The van der Waals surface area contributed by atoms with E-state index < -0.39 is 17.9 Å². The minimum atomic E-state index is -0.577. The van der Waals surface area contributed by atoms with E-state index in [1.807, 2.05) is 0 Å². The third kappa shape index (κ3) is 5.86. The smallest absolute Gasteiger partial charge is 0.337 e. The number of esters is 3. The van der Waals surface area contributed by atoms with Gasteiger partial charge in [0.25, 0.3) is 5.91 Å². The number of hydrogen-bond acceptors (Lipinski definition) is 9. The lowest BCUT2D eigenvalue weighted by Gasteiger charge is -2.09. The van der Waals surface area contributed by atoms with Crippen LogP contribution in [0.1, 0.15) is 29.8 Å². The van der Waals surface area contributed by atoms with Gasteiger partial charge in [-0.3, -0.25) is 19.3 Å². The Balaban J connectivity index is 1.87. The van der Waals surface area contributed by atoms with Crippen LogP contribution in [0.4, 0.5) is 5.69 Å². The summed E-state index contributed by atoms with van der Waals surface area (Å²) < 4.78 is 14.9. The van der Waals surface area contributed by atoms with E-state index in [2.05, 4.69) is 9.73 Å². The van der Waals surface area contributed by atoms with E-state index in [9.17, 15) is 19.2 Å². The van der Waals surface area contributed by atoms with Crippen LogP contribution in [0.25, 0.3) is 6.08 Å². The van der Waals surface area contributed by atoms with Crippen LogP contribution in [0.2, 0.25) is 0 Å². The van der Waals surface area contributed by atoms with Crippen molar-refractivity contribution in [2.24, 2.45) is 4.99 Å². The third-order valence-electron chi connectivity index (χ3n) is 4.29. The van der Waals surface area contributed by atoms with E-state index in [0.717, 1.165) is 0 Å². The summed E-state index contributed by atoms with van der Waals surface area (Å²) in [6.07, 6.45) is 1.62. The molecule has 10 heteroatoms. The van der Waals surface area contributed by atoms with Crippen LogP contribution in [0, 0.1) is 0 Å². The van der Waals surface area contributed by atoms with Gasteiger partial charge in [0.2, 0.25) is 0 Å². The number of likely N-dealkylation sites (N-methyl/N-ethyl adjacent to an activating group) is 1. The van der Waals surface area contributed by atoms with Crippen molar-refractivity contribution in [1.82, 2.24) is 4.90 Å². The highest BCUT2D eigenvalue weighted by molar-refractivity contribution is 8.18. The van der Waals surface area contributed by atoms with Gasteiger partial charge in [0.05, 0.1) is 23.3 Å². The molecule has 1 heterocycles. The Labute approximate surface area is 194 Å². The number of benzene rings is 2. The number of amides is 1. The molecule has 0 N–H and O–H groups in total. The highest BCUT2D eigenvalue weighted by atomic mass is 32.2. The Morgan fingerprint density at radius 2 is 1.61 bits per heavy atom. The van der Waals surface area contributed by atoms with Crippen molar-refractivity contribution in [1.29, 1.82) is 0 Å². The molecule has 1 amide bonds. The van der Waals surface area contributed by atoms with Gasteiger partial charge in [-0.05, 0) is 59.8 Å². The molecule has 2 aromatic carbocycles. The number of thioether (sulfide) groups is 1. The van der Waals surface area contributed by atoms with E-state index in [1.165, 1.54) is 49.8 Å². The van der Waals surface area contributed by atoms with Crippen LogP contribution in [0.15, 0.2) is 52.4 Å². The van der Waals surface area contributed by atoms with Crippen molar-refractivity contribution in [3.8, 4) is 11.5 Å². The molecule has 0 aromatic heterocycles. The summed E-state index contributed by atoms with van der Waals surface area (Å²) in [5.74, 6) is -1.68. The zero-order valence-electron chi connectivity index (χ0n) is 18.3. The molecule has 1 aliphatic rings. The molecule has 1 aliphatic heterocycles. The zero-order chi connectivity index (χ0) is 24.1. The third-order valence-corrected chi connectivity index (χ3v) is 5.35. The highest BCUT2D eigenvalue weighted by Crippen LogP contribution is 2.35. The van der Waals surface area contributed by atoms with Crippen LogP contribution in [-0.2, 0) is 19.1 Å². The molecule has 1 saturated heterocycles. The summed E-state index contributed by atoms with van der Waals surface area (Å²) in [5, 5.41) is 0.453. The number of methoxy groups -OCH3 is 1. The van der Waals surface area contributed by atoms with Crippen molar-refractivity contribution in [2.75, 3.05) is 14.2 Å². The van der Waals surface area contributed by atoms with Crippen molar-refractivity contribution in [3.63, 3.8) is 0 Å². The first kappa shape index (κ1) is 23.7. The van der Waals surface area contributed by atoms with Crippen molar-refractivity contribution < 1.29 is 33.4 Å². The molecule has 9 nitrogen and oxygen atoms in total. The number of ether oxygens (including phenoxy) is 3. The molecular weight excluding hydrogens is 448 g/mol. The molecule has 33 heavy (non-hydrogen) atoms. The maximum atomic E-state index is 12.7. The second-order valence-corrected chi connectivity index (χ2v) is 7.81. The lowest BCUT2D eigenvalue weighted by atomic mass is 10.2. The van der Waals surface area contributed by atoms with E-state index in [-0.39, 0.29) is 17.4 Å². The lowest BCUT2D eigenvalue weighted by Crippen LogP contribution is -2.23. The average Bonchev–Trinajstić information content (AvgIpc) is 3.02. The molecule has 0 bridgehead atoms. The molecule has 0 unspecified atom stereocenters. The highest BCUT2D eigenvalue weighted by Gasteiger charge is 2.30. The molecule has 0 saturated carbocycles.